The average molecular weight is 365 g/mol. The van der Waals surface area contributed by atoms with Crippen LogP contribution in [0.2, 0.25) is 5.02 Å². The highest BCUT2D eigenvalue weighted by atomic mass is 35.5. The summed E-state index contributed by atoms with van der Waals surface area (Å²) in [5.74, 6) is 0.625. The third-order valence-electron chi connectivity index (χ3n) is 5.00. The van der Waals surface area contributed by atoms with Crippen molar-refractivity contribution in [3.05, 3.63) is 28.8 Å². The molecule has 1 fully saturated rings. The minimum Gasteiger partial charge on any atom is -0.444 e. The van der Waals surface area contributed by atoms with Crippen LogP contribution in [0.25, 0.3) is 0 Å². The Labute approximate surface area is 156 Å². The lowest BCUT2D eigenvalue weighted by atomic mass is 9.94. The topological polar surface area (TPSA) is 32.8 Å². The summed E-state index contributed by atoms with van der Waals surface area (Å²) in [6.07, 6.45) is 4.20. The van der Waals surface area contributed by atoms with Crippen molar-refractivity contribution in [3.63, 3.8) is 0 Å². The number of likely N-dealkylation sites (tertiary alicyclic amines) is 1. The van der Waals surface area contributed by atoms with Gasteiger partial charge in [0.2, 0.25) is 0 Å². The van der Waals surface area contributed by atoms with Crippen LogP contribution in [-0.2, 0) is 11.2 Å². The first-order valence-corrected chi connectivity index (χ1v) is 9.71. The van der Waals surface area contributed by atoms with Gasteiger partial charge in [-0.25, -0.2) is 4.79 Å². The van der Waals surface area contributed by atoms with E-state index in [4.69, 9.17) is 16.3 Å². The fourth-order valence-electron chi connectivity index (χ4n) is 3.77. The number of piperidine rings is 1. The third-order valence-corrected chi connectivity index (χ3v) is 5.24. The summed E-state index contributed by atoms with van der Waals surface area (Å²) in [4.78, 5) is 16.5. The van der Waals surface area contributed by atoms with E-state index in [1.165, 1.54) is 17.7 Å². The molecule has 1 amide bonds. The molecule has 0 saturated carbocycles. The van der Waals surface area contributed by atoms with E-state index in [0.29, 0.717) is 5.92 Å². The first kappa shape index (κ1) is 18.4. The zero-order chi connectivity index (χ0) is 18.0. The molecule has 2 aliphatic rings. The van der Waals surface area contributed by atoms with Gasteiger partial charge in [-0.2, -0.15) is 0 Å². The second-order valence-electron chi connectivity index (χ2n) is 8.23. The summed E-state index contributed by atoms with van der Waals surface area (Å²) >= 11 is 6.14. The number of hydrogen-bond donors (Lipinski definition) is 0. The third kappa shape index (κ3) is 4.81. The number of aryl methyl sites for hydroxylation is 1. The number of carbonyl (C=O) groups is 1. The van der Waals surface area contributed by atoms with E-state index >= 15 is 0 Å². The maximum Gasteiger partial charge on any atom is 0.410 e. The zero-order valence-corrected chi connectivity index (χ0v) is 16.3. The molecule has 2 aliphatic heterocycles. The molecular weight excluding hydrogens is 336 g/mol. The minimum atomic E-state index is -0.424. The summed E-state index contributed by atoms with van der Waals surface area (Å²) in [6, 6.07) is 6.25. The molecule has 2 heterocycles. The van der Waals surface area contributed by atoms with Crippen LogP contribution < -0.4 is 4.90 Å². The van der Waals surface area contributed by atoms with Crippen LogP contribution in [0.3, 0.4) is 0 Å². The normalized spacial score (nSPS) is 18.9. The molecule has 4 nitrogen and oxygen atoms in total. The van der Waals surface area contributed by atoms with Crippen molar-refractivity contribution in [3.8, 4) is 0 Å². The van der Waals surface area contributed by atoms with Gasteiger partial charge in [0.1, 0.15) is 5.60 Å². The summed E-state index contributed by atoms with van der Waals surface area (Å²) in [6.45, 7) is 9.51. The molecule has 0 bridgehead atoms. The standard InChI is InChI=1S/C20H29ClN2O2/c1-20(2,3)25-19(24)22-11-8-15(9-12-22)14-23-10-4-5-16-13-17(21)6-7-18(16)23/h6-7,13,15H,4-5,8-12,14H2,1-3H3. The number of fused-ring (bicyclic) bond motifs is 1. The number of benzene rings is 1. The Balaban J connectivity index is 1.54. The number of hydrogen-bond acceptors (Lipinski definition) is 3. The van der Waals surface area contributed by atoms with Crippen LogP contribution >= 0.6 is 11.6 Å². The molecule has 0 atom stereocenters. The number of halogens is 1. The van der Waals surface area contributed by atoms with Crippen LogP contribution in [0, 0.1) is 5.92 Å². The lowest BCUT2D eigenvalue weighted by Crippen LogP contribution is -2.44. The Kier molecular flexibility index (Phi) is 5.47. The van der Waals surface area contributed by atoms with E-state index in [2.05, 4.69) is 17.0 Å². The average Bonchev–Trinajstić information content (AvgIpc) is 2.54. The molecule has 25 heavy (non-hydrogen) atoms. The second kappa shape index (κ2) is 7.45. The summed E-state index contributed by atoms with van der Waals surface area (Å²) in [7, 11) is 0. The maximum atomic E-state index is 12.2. The molecule has 1 aromatic rings. The smallest absolute Gasteiger partial charge is 0.410 e. The van der Waals surface area contributed by atoms with Crippen LogP contribution in [0.5, 0.6) is 0 Å². The van der Waals surface area contributed by atoms with Crippen molar-refractivity contribution in [1.29, 1.82) is 0 Å². The Morgan fingerprint density at radius 1 is 1.24 bits per heavy atom. The van der Waals surface area contributed by atoms with Gasteiger partial charge < -0.3 is 14.5 Å². The molecule has 0 unspecified atom stereocenters. The molecule has 0 N–H and O–H groups in total. The number of anilines is 1. The Morgan fingerprint density at radius 3 is 2.64 bits per heavy atom. The maximum absolute atomic E-state index is 12.2. The van der Waals surface area contributed by atoms with Crippen molar-refractivity contribution in [2.75, 3.05) is 31.1 Å². The van der Waals surface area contributed by atoms with Crippen molar-refractivity contribution < 1.29 is 9.53 Å². The SMILES string of the molecule is CC(C)(C)OC(=O)N1CCC(CN2CCCc3cc(Cl)ccc32)CC1. The molecule has 0 spiro atoms. The highest BCUT2D eigenvalue weighted by molar-refractivity contribution is 6.30. The van der Waals surface area contributed by atoms with Crippen molar-refractivity contribution in [1.82, 2.24) is 4.90 Å². The van der Waals surface area contributed by atoms with Gasteiger partial charge in [0.15, 0.2) is 0 Å². The second-order valence-corrected chi connectivity index (χ2v) is 8.67. The van der Waals surface area contributed by atoms with E-state index in [1.807, 2.05) is 31.7 Å². The molecule has 3 rings (SSSR count). The van der Waals surface area contributed by atoms with Crippen molar-refractivity contribution >= 4 is 23.4 Å². The summed E-state index contributed by atoms with van der Waals surface area (Å²) in [5.41, 5.74) is 2.28. The monoisotopic (exact) mass is 364 g/mol. The van der Waals surface area contributed by atoms with Crippen LogP contribution in [0.4, 0.5) is 10.5 Å². The van der Waals surface area contributed by atoms with Crippen molar-refractivity contribution in [2.45, 2.75) is 52.1 Å². The van der Waals surface area contributed by atoms with E-state index in [1.54, 1.807) is 0 Å². The number of nitrogens with zero attached hydrogens (tertiary/aromatic N) is 2. The van der Waals surface area contributed by atoms with E-state index < -0.39 is 5.60 Å². The highest BCUT2D eigenvalue weighted by Gasteiger charge is 2.28. The van der Waals surface area contributed by atoms with Crippen LogP contribution in [0.15, 0.2) is 18.2 Å². The van der Waals surface area contributed by atoms with Gasteiger partial charge in [-0.05, 0) is 76.1 Å². The van der Waals surface area contributed by atoms with Crippen LogP contribution in [-0.4, -0.2) is 42.8 Å². The Bertz CT molecular complexity index is 619. The number of rotatable bonds is 2. The zero-order valence-electron chi connectivity index (χ0n) is 15.6. The van der Waals surface area contributed by atoms with Gasteiger partial charge >= 0.3 is 6.09 Å². The minimum absolute atomic E-state index is 0.177. The van der Waals surface area contributed by atoms with Gasteiger partial charge in [0.05, 0.1) is 0 Å². The first-order chi connectivity index (χ1) is 11.8. The van der Waals surface area contributed by atoms with E-state index in [9.17, 15) is 4.79 Å². The molecule has 5 heteroatoms. The molecule has 1 saturated heterocycles. The van der Waals surface area contributed by atoms with Gasteiger partial charge in [-0.15, -0.1) is 0 Å². The molecule has 138 valence electrons. The fourth-order valence-corrected chi connectivity index (χ4v) is 3.96. The molecule has 0 aromatic heterocycles. The summed E-state index contributed by atoms with van der Waals surface area (Å²) < 4.78 is 5.48. The lowest BCUT2D eigenvalue weighted by Gasteiger charge is -2.38. The van der Waals surface area contributed by atoms with E-state index in [-0.39, 0.29) is 6.09 Å². The number of ether oxygens (including phenoxy) is 1. The van der Waals surface area contributed by atoms with Gasteiger partial charge in [0.25, 0.3) is 0 Å². The Hall–Kier alpha value is -1.42. The first-order valence-electron chi connectivity index (χ1n) is 9.33. The molecule has 0 radical (unpaired) electrons. The molecule has 0 aliphatic carbocycles. The quantitative estimate of drug-likeness (QED) is 0.759. The highest BCUT2D eigenvalue weighted by Crippen LogP contribution is 2.31. The Morgan fingerprint density at radius 2 is 1.96 bits per heavy atom. The largest absolute Gasteiger partial charge is 0.444 e. The number of amides is 1. The van der Waals surface area contributed by atoms with Crippen LogP contribution in [0.1, 0.15) is 45.6 Å². The molecular formula is C20H29ClN2O2. The van der Waals surface area contributed by atoms with Gasteiger partial charge in [0, 0.05) is 36.9 Å². The van der Waals surface area contributed by atoms with E-state index in [0.717, 1.165) is 50.5 Å². The summed E-state index contributed by atoms with van der Waals surface area (Å²) in [5, 5.41) is 0.825. The predicted molar refractivity (Wildman–Crippen MR) is 103 cm³/mol. The number of carbonyl (C=O) groups excluding carboxylic acids is 1. The van der Waals surface area contributed by atoms with Gasteiger partial charge in [-0.1, -0.05) is 11.6 Å². The predicted octanol–water partition coefficient (Wildman–Crippen LogP) is 4.74. The van der Waals surface area contributed by atoms with Crippen molar-refractivity contribution in [2.24, 2.45) is 5.92 Å². The fraction of sp³-hybridized carbons (Fsp3) is 0.650. The van der Waals surface area contributed by atoms with Gasteiger partial charge in [-0.3, -0.25) is 0 Å². The molecule has 1 aromatic carbocycles. The lowest BCUT2D eigenvalue weighted by molar-refractivity contribution is 0.0186.